The topological polar surface area (TPSA) is 71.0 Å². The Labute approximate surface area is 165 Å². The molecule has 0 aliphatic carbocycles. The quantitative estimate of drug-likeness (QED) is 0.520. The lowest BCUT2D eigenvalue weighted by atomic mass is 10.2. The molecule has 0 bridgehead atoms. The summed E-state index contributed by atoms with van der Waals surface area (Å²) >= 11 is 0. The van der Waals surface area contributed by atoms with E-state index < -0.39 is 5.69 Å². The molecular weight excluding hydrogens is 375 g/mol. The number of aryl methyl sites for hydroxylation is 1. The predicted molar refractivity (Wildman–Crippen MR) is 106 cm³/mol. The maximum Gasteiger partial charge on any atom is 0.332 e. The molecule has 29 heavy (non-hydrogen) atoms. The summed E-state index contributed by atoms with van der Waals surface area (Å²) in [5.74, 6) is 0.409. The Balaban J connectivity index is 1.53. The number of rotatable bonds is 5. The third-order valence-corrected chi connectivity index (χ3v) is 4.81. The van der Waals surface area contributed by atoms with E-state index >= 15 is 0 Å². The second-order valence-electron chi connectivity index (χ2n) is 6.81. The van der Waals surface area contributed by atoms with E-state index in [1.807, 2.05) is 24.3 Å². The molecule has 0 aliphatic heterocycles. The number of imidazole rings is 1. The Morgan fingerprint density at radius 1 is 0.931 bits per heavy atom. The van der Waals surface area contributed by atoms with Crippen molar-refractivity contribution >= 4 is 11.2 Å². The van der Waals surface area contributed by atoms with Crippen molar-refractivity contribution in [2.24, 2.45) is 14.1 Å². The van der Waals surface area contributed by atoms with Crippen molar-refractivity contribution in [2.45, 2.75) is 13.2 Å². The molecule has 0 radical (unpaired) electrons. The van der Waals surface area contributed by atoms with Gasteiger partial charge in [0.25, 0.3) is 5.56 Å². The van der Waals surface area contributed by atoms with Crippen molar-refractivity contribution in [1.29, 1.82) is 0 Å². The molecule has 4 rings (SSSR count). The molecule has 0 atom stereocenters. The van der Waals surface area contributed by atoms with E-state index in [0.717, 1.165) is 15.7 Å². The predicted octanol–water partition coefficient (Wildman–Crippen LogP) is 2.20. The summed E-state index contributed by atoms with van der Waals surface area (Å²) in [5, 5.41) is 0. The first-order valence-corrected chi connectivity index (χ1v) is 9.01. The molecule has 0 saturated carbocycles. The lowest BCUT2D eigenvalue weighted by molar-refractivity contribution is 0.306. The molecule has 148 valence electrons. The summed E-state index contributed by atoms with van der Waals surface area (Å²) in [6.45, 7) is 0.776. The van der Waals surface area contributed by atoms with E-state index in [0.29, 0.717) is 30.1 Å². The number of hydrogen-bond acceptors (Lipinski definition) is 4. The molecular formula is C21H19FN4O3. The van der Waals surface area contributed by atoms with Gasteiger partial charge in [-0.3, -0.25) is 13.9 Å². The summed E-state index contributed by atoms with van der Waals surface area (Å²) in [7, 11) is 3.05. The van der Waals surface area contributed by atoms with Crippen LogP contribution in [-0.4, -0.2) is 18.7 Å². The van der Waals surface area contributed by atoms with Gasteiger partial charge in [-0.1, -0.05) is 24.3 Å². The van der Waals surface area contributed by atoms with Crippen LogP contribution in [0.2, 0.25) is 0 Å². The fourth-order valence-electron chi connectivity index (χ4n) is 3.15. The first kappa shape index (κ1) is 18.7. The largest absolute Gasteiger partial charge is 0.489 e. The summed E-state index contributed by atoms with van der Waals surface area (Å²) in [4.78, 5) is 28.8. The molecule has 0 aliphatic rings. The maximum atomic E-state index is 13.0. The average Bonchev–Trinajstić information content (AvgIpc) is 3.15. The van der Waals surface area contributed by atoms with Gasteiger partial charge in [0.05, 0.1) is 6.33 Å². The van der Waals surface area contributed by atoms with Gasteiger partial charge in [0.1, 0.15) is 18.2 Å². The Morgan fingerprint density at radius 2 is 1.59 bits per heavy atom. The van der Waals surface area contributed by atoms with Crippen molar-refractivity contribution < 1.29 is 9.13 Å². The van der Waals surface area contributed by atoms with E-state index in [1.165, 1.54) is 23.7 Å². The summed E-state index contributed by atoms with van der Waals surface area (Å²) in [5.41, 5.74) is 1.79. The van der Waals surface area contributed by atoms with E-state index in [1.54, 1.807) is 30.1 Å². The highest BCUT2D eigenvalue weighted by molar-refractivity contribution is 5.70. The van der Waals surface area contributed by atoms with Gasteiger partial charge in [0, 0.05) is 20.6 Å². The fraction of sp³-hybridized carbons (Fsp3) is 0.190. The molecule has 2 aromatic heterocycles. The van der Waals surface area contributed by atoms with Crippen LogP contribution in [0.1, 0.15) is 11.1 Å². The van der Waals surface area contributed by atoms with Crippen LogP contribution in [0.4, 0.5) is 4.39 Å². The van der Waals surface area contributed by atoms with E-state index in [2.05, 4.69) is 4.98 Å². The van der Waals surface area contributed by atoms with E-state index in [4.69, 9.17) is 4.74 Å². The molecule has 0 saturated heterocycles. The van der Waals surface area contributed by atoms with Gasteiger partial charge >= 0.3 is 5.69 Å². The van der Waals surface area contributed by atoms with Crippen LogP contribution >= 0.6 is 0 Å². The van der Waals surface area contributed by atoms with Crippen molar-refractivity contribution in [2.75, 3.05) is 0 Å². The number of hydrogen-bond donors (Lipinski definition) is 0. The minimum absolute atomic E-state index is 0.278. The van der Waals surface area contributed by atoms with Crippen molar-refractivity contribution in [1.82, 2.24) is 18.7 Å². The van der Waals surface area contributed by atoms with Crippen molar-refractivity contribution in [3.63, 3.8) is 0 Å². The van der Waals surface area contributed by atoms with Gasteiger partial charge in [0.2, 0.25) is 0 Å². The number of aromatic nitrogens is 4. The second-order valence-corrected chi connectivity index (χ2v) is 6.81. The first-order chi connectivity index (χ1) is 13.9. The van der Waals surface area contributed by atoms with Gasteiger partial charge in [-0.2, -0.15) is 0 Å². The molecule has 0 spiro atoms. The molecule has 8 heteroatoms. The van der Waals surface area contributed by atoms with Crippen LogP contribution in [0.3, 0.4) is 0 Å². The van der Waals surface area contributed by atoms with Crippen LogP contribution in [-0.2, 0) is 27.2 Å². The van der Waals surface area contributed by atoms with Crippen LogP contribution in [0, 0.1) is 5.82 Å². The van der Waals surface area contributed by atoms with Gasteiger partial charge < -0.3 is 9.30 Å². The zero-order valence-electron chi connectivity index (χ0n) is 16.0. The fourth-order valence-corrected chi connectivity index (χ4v) is 3.15. The molecule has 0 N–H and O–H groups in total. The van der Waals surface area contributed by atoms with Gasteiger partial charge in [-0.15, -0.1) is 0 Å². The highest BCUT2D eigenvalue weighted by atomic mass is 19.1. The Morgan fingerprint density at radius 3 is 2.28 bits per heavy atom. The highest BCUT2D eigenvalue weighted by Gasteiger charge is 2.14. The summed E-state index contributed by atoms with van der Waals surface area (Å²) in [6.07, 6.45) is 1.56. The van der Waals surface area contributed by atoms with Crippen molar-refractivity contribution in [3.05, 3.63) is 92.6 Å². The minimum Gasteiger partial charge on any atom is -0.489 e. The van der Waals surface area contributed by atoms with Crippen molar-refractivity contribution in [3.8, 4) is 5.75 Å². The van der Waals surface area contributed by atoms with Crippen LogP contribution in [0.5, 0.6) is 5.75 Å². The molecule has 2 heterocycles. The first-order valence-electron chi connectivity index (χ1n) is 9.01. The molecule has 2 aromatic carbocycles. The maximum absolute atomic E-state index is 13.0. The van der Waals surface area contributed by atoms with Gasteiger partial charge in [-0.05, 0) is 35.4 Å². The number of fused-ring (bicyclic) bond motifs is 1. The summed E-state index contributed by atoms with van der Waals surface area (Å²) in [6, 6.07) is 13.6. The molecule has 0 fully saturated rings. The number of halogens is 1. The van der Waals surface area contributed by atoms with Crippen LogP contribution < -0.4 is 16.0 Å². The lowest BCUT2D eigenvalue weighted by Gasteiger charge is -2.09. The third-order valence-electron chi connectivity index (χ3n) is 4.81. The Bertz CT molecular complexity index is 1290. The summed E-state index contributed by atoms with van der Waals surface area (Å²) < 4.78 is 22.8. The smallest absolute Gasteiger partial charge is 0.332 e. The molecule has 4 aromatic rings. The van der Waals surface area contributed by atoms with Gasteiger partial charge in [0.15, 0.2) is 11.2 Å². The number of ether oxygens (including phenoxy) is 1. The minimum atomic E-state index is -0.407. The molecule has 0 amide bonds. The molecule has 0 unspecified atom stereocenters. The van der Waals surface area contributed by atoms with Crippen LogP contribution in [0.15, 0.2) is 64.4 Å². The second kappa shape index (κ2) is 7.38. The highest BCUT2D eigenvalue weighted by Crippen LogP contribution is 2.16. The lowest BCUT2D eigenvalue weighted by Crippen LogP contribution is -2.37. The average molecular weight is 394 g/mol. The monoisotopic (exact) mass is 394 g/mol. The zero-order valence-corrected chi connectivity index (χ0v) is 16.0. The Kier molecular flexibility index (Phi) is 4.75. The normalized spacial score (nSPS) is 11.1. The van der Waals surface area contributed by atoms with E-state index in [9.17, 15) is 14.0 Å². The number of benzene rings is 2. The van der Waals surface area contributed by atoms with Gasteiger partial charge in [-0.25, -0.2) is 14.2 Å². The zero-order chi connectivity index (χ0) is 20.5. The number of nitrogens with zero attached hydrogens (tertiary/aromatic N) is 4. The SMILES string of the molecule is Cn1c(=O)c2c(ncn2Cc2ccc(OCc3ccc(F)cc3)cc2)n(C)c1=O. The third kappa shape index (κ3) is 3.56. The van der Waals surface area contributed by atoms with Crippen LogP contribution in [0.25, 0.3) is 11.2 Å². The van der Waals surface area contributed by atoms with E-state index in [-0.39, 0.29) is 11.4 Å². The Hall–Kier alpha value is -3.68. The molecule has 7 nitrogen and oxygen atoms in total. The standard InChI is InChI=1S/C21H19FN4O3/c1-24-19-18(20(27)25(2)21(24)28)26(13-23-19)11-14-5-9-17(10-6-14)29-12-15-3-7-16(22)8-4-15/h3-10,13H,11-12H2,1-2H3.